The molecule has 0 aromatic heterocycles. The maximum absolute atomic E-state index is 14.2. The molecule has 0 rings (SSSR count). The van der Waals surface area contributed by atoms with Crippen LogP contribution in [0.3, 0.4) is 0 Å². The first-order valence-corrected chi connectivity index (χ1v) is 6.70. The highest BCUT2D eigenvalue weighted by Crippen LogP contribution is 2.14. The van der Waals surface area contributed by atoms with Crippen LogP contribution in [-0.4, -0.2) is 48.9 Å². The molecule has 2 amide bonds. The van der Waals surface area contributed by atoms with Crippen LogP contribution >= 0.6 is 0 Å². The number of halogens is 1. The fourth-order valence-electron chi connectivity index (χ4n) is 1.96. The molecule has 0 bridgehead atoms. The molecule has 0 heterocycles. The fourth-order valence-corrected chi connectivity index (χ4v) is 1.96. The Balaban J connectivity index is 4.69. The molecule has 0 aliphatic carbocycles. The van der Waals surface area contributed by atoms with Crippen LogP contribution in [0, 0.1) is 5.92 Å². The molecular formula is C13H24FN3O3. The minimum atomic E-state index is -1.11. The summed E-state index contributed by atoms with van der Waals surface area (Å²) >= 11 is 0. The third-order valence-electron chi connectivity index (χ3n) is 3.08. The number of hydrogen-bond acceptors (Lipinski definition) is 4. The number of Topliss-reactive ketones (excluding diaryl/α,β-unsaturated/α-hetero) is 1. The fraction of sp³-hybridized carbons (Fsp3) is 0.769. The first-order chi connectivity index (χ1) is 9.36. The summed E-state index contributed by atoms with van der Waals surface area (Å²) in [6.45, 7) is 5.18. The van der Waals surface area contributed by atoms with E-state index in [1.54, 1.807) is 20.9 Å². The first-order valence-electron chi connectivity index (χ1n) is 6.70. The average molecular weight is 289 g/mol. The predicted octanol–water partition coefficient (Wildman–Crippen LogP) is 0.427. The van der Waals surface area contributed by atoms with Gasteiger partial charge < -0.3 is 10.6 Å². The normalized spacial score (nSPS) is 13.7. The van der Waals surface area contributed by atoms with Crippen molar-refractivity contribution in [2.75, 3.05) is 13.6 Å². The van der Waals surface area contributed by atoms with Crippen molar-refractivity contribution < 1.29 is 18.9 Å². The van der Waals surface area contributed by atoms with Gasteiger partial charge in [-0.1, -0.05) is 18.3 Å². The largest absolute Gasteiger partial charge is 0.359 e. The number of amides is 2. The number of nitrogens with one attached hydrogen (secondary N) is 2. The van der Waals surface area contributed by atoms with E-state index in [1.165, 1.54) is 6.92 Å². The molecule has 6 nitrogen and oxygen atoms in total. The Morgan fingerprint density at radius 3 is 2.35 bits per heavy atom. The van der Waals surface area contributed by atoms with Gasteiger partial charge in [0.05, 0.1) is 6.04 Å². The third kappa shape index (κ3) is 5.64. The van der Waals surface area contributed by atoms with Gasteiger partial charge in [-0.05, 0) is 32.7 Å². The second-order valence-electron chi connectivity index (χ2n) is 5.00. The maximum atomic E-state index is 14.2. The highest BCUT2D eigenvalue weighted by molar-refractivity contribution is 5.89. The van der Waals surface area contributed by atoms with Gasteiger partial charge in [-0.3, -0.25) is 14.4 Å². The number of likely N-dealkylation sites (N-methyl/N-ethyl adjacent to an activating group) is 1. The molecule has 2 unspecified atom stereocenters. The number of carbonyl (C=O) groups excluding carboxylic acids is 3. The maximum Gasteiger partial charge on any atom is 0.268 e. The summed E-state index contributed by atoms with van der Waals surface area (Å²) < 4.78 is 14.2. The van der Waals surface area contributed by atoms with E-state index in [0.29, 0.717) is 19.4 Å². The zero-order valence-corrected chi connectivity index (χ0v) is 12.5. The van der Waals surface area contributed by atoms with Gasteiger partial charge in [0.25, 0.3) is 5.91 Å². The lowest BCUT2D eigenvalue weighted by Gasteiger charge is -2.27. The smallest absolute Gasteiger partial charge is 0.268 e. The van der Waals surface area contributed by atoms with E-state index in [1.807, 2.05) is 0 Å². The Morgan fingerprint density at radius 2 is 1.95 bits per heavy atom. The summed E-state index contributed by atoms with van der Waals surface area (Å²) in [5, 5.41) is 5.20. The van der Waals surface area contributed by atoms with Crippen molar-refractivity contribution in [2.24, 2.45) is 5.92 Å². The molecule has 116 valence electrons. The van der Waals surface area contributed by atoms with Gasteiger partial charge in [-0.2, -0.15) is 5.12 Å². The van der Waals surface area contributed by atoms with Crippen molar-refractivity contribution >= 4 is 18.1 Å². The van der Waals surface area contributed by atoms with Crippen LogP contribution in [0.4, 0.5) is 4.48 Å². The second kappa shape index (κ2) is 9.41. The van der Waals surface area contributed by atoms with E-state index >= 15 is 0 Å². The van der Waals surface area contributed by atoms with Crippen LogP contribution in [0.25, 0.3) is 0 Å². The number of rotatable bonds is 10. The van der Waals surface area contributed by atoms with Crippen molar-refractivity contribution in [1.29, 1.82) is 0 Å². The van der Waals surface area contributed by atoms with E-state index in [2.05, 4.69) is 10.6 Å². The van der Waals surface area contributed by atoms with Crippen molar-refractivity contribution in [3.05, 3.63) is 0 Å². The topological polar surface area (TPSA) is 78.5 Å². The highest BCUT2D eigenvalue weighted by atomic mass is 19.2. The molecule has 0 aliphatic rings. The molecule has 0 saturated carbocycles. The first kappa shape index (κ1) is 18.5. The van der Waals surface area contributed by atoms with Gasteiger partial charge in [0.1, 0.15) is 6.04 Å². The van der Waals surface area contributed by atoms with Crippen molar-refractivity contribution in [2.45, 2.75) is 45.7 Å². The number of ketones is 1. The SMILES string of the molecule is CNC(C(=O)N(F)C(CCCNC=O)C(C)=O)C(C)C. The Hall–Kier alpha value is -1.50. The summed E-state index contributed by atoms with van der Waals surface area (Å²) in [6.07, 6.45) is 1.13. The lowest BCUT2D eigenvalue weighted by atomic mass is 10.0. The number of carbonyl (C=O) groups is 3. The summed E-state index contributed by atoms with van der Waals surface area (Å²) in [4.78, 5) is 33.6. The van der Waals surface area contributed by atoms with Crippen LogP contribution < -0.4 is 10.6 Å². The summed E-state index contributed by atoms with van der Waals surface area (Å²) in [5.74, 6) is -1.24. The predicted molar refractivity (Wildman–Crippen MR) is 73.4 cm³/mol. The Bertz CT molecular complexity index is 337. The molecule has 0 saturated heterocycles. The molecule has 0 fully saturated rings. The molecule has 2 N–H and O–H groups in total. The lowest BCUT2D eigenvalue weighted by molar-refractivity contribution is -0.160. The molecule has 0 spiro atoms. The van der Waals surface area contributed by atoms with E-state index < -0.39 is 23.8 Å². The molecular weight excluding hydrogens is 265 g/mol. The number of nitrogens with zero attached hydrogens (tertiary/aromatic N) is 1. The van der Waals surface area contributed by atoms with Gasteiger partial charge in [0, 0.05) is 6.54 Å². The van der Waals surface area contributed by atoms with Crippen LogP contribution in [0.1, 0.15) is 33.6 Å². The summed E-state index contributed by atoms with van der Waals surface area (Å²) in [6, 6.07) is -1.78. The minimum Gasteiger partial charge on any atom is -0.359 e. The van der Waals surface area contributed by atoms with Crippen LogP contribution in [0.15, 0.2) is 0 Å². The van der Waals surface area contributed by atoms with E-state index in [-0.39, 0.29) is 17.5 Å². The number of hydrogen-bond donors (Lipinski definition) is 2. The van der Waals surface area contributed by atoms with Crippen molar-refractivity contribution in [3.8, 4) is 0 Å². The van der Waals surface area contributed by atoms with E-state index in [9.17, 15) is 18.9 Å². The Kier molecular flexibility index (Phi) is 8.71. The average Bonchev–Trinajstić information content (AvgIpc) is 2.37. The molecule has 0 aromatic rings. The molecule has 2 atom stereocenters. The summed E-state index contributed by atoms with van der Waals surface area (Å²) in [7, 11) is 1.58. The second-order valence-corrected chi connectivity index (χ2v) is 5.00. The zero-order valence-electron chi connectivity index (χ0n) is 12.5. The van der Waals surface area contributed by atoms with Gasteiger partial charge in [0.15, 0.2) is 5.78 Å². The van der Waals surface area contributed by atoms with Gasteiger partial charge >= 0.3 is 0 Å². The lowest BCUT2D eigenvalue weighted by Crippen LogP contribution is -2.50. The van der Waals surface area contributed by atoms with Crippen molar-refractivity contribution in [3.63, 3.8) is 0 Å². The van der Waals surface area contributed by atoms with Crippen LogP contribution in [0.2, 0.25) is 0 Å². The standard InChI is InChI=1S/C13H24FN3O3/c1-9(2)12(15-4)13(20)17(14)11(10(3)19)6-5-7-16-8-18/h8-9,11-12,15H,5-7H2,1-4H3,(H,16,18). The zero-order chi connectivity index (χ0) is 15.7. The van der Waals surface area contributed by atoms with E-state index in [4.69, 9.17) is 0 Å². The molecule has 0 aliphatic heterocycles. The van der Waals surface area contributed by atoms with Gasteiger partial charge in [-0.25, -0.2) is 0 Å². The Morgan fingerprint density at radius 1 is 1.35 bits per heavy atom. The van der Waals surface area contributed by atoms with Crippen molar-refractivity contribution in [1.82, 2.24) is 15.8 Å². The molecule has 7 heteroatoms. The highest BCUT2D eigenvalue weighted by Gasteiger charge is 2.33. The molecule has 0 aromatic carbocycles. The third-order valence-corrected chi connectivity index (χ3v) is 3.08. The van der Waals surface area contributed by atoms with Gasteiger partial charge in [-0.15, -0.1) is 0 Å². The monoisotopic (exact) mass is 289 g/mol. The van der Waals surface area contributed by atoms with Gasteiger partial charge in [0.2, 0.25) is 6.41 Å². The van der Waals surface area contributed by atoms with E-state index in [0.717, 1.165) is 0 Å². The van der Waals surface area contributed by atoms with Crippen LogP contribution in [-0.2, 0) is 14.4 Å². The molecule has 0 radical (unpaired) electrons. The molecule has 20 heavy (non-hydrogen) atoms. The quantitative estimate of drug-likeness (QED) is 0.347. The minimum absolute atomic E-state index is 0.0183. The summed E-state index contributed by atoms with van der Waals surface area (Å²) in [5.41, 5.74) is 0. The van der Waals surface area contributed by atoms with Crippen LogP contribution in [0.5, 0.6) is 0 Å². The Labute approximate surface area is 119 Å².